The molecule has 0 spiro atoms. The number of thioether (sulfide) groups is 1. The van der Waals surface area contributed by atoms with E-state index in [0.717, 1.165) is 12.3 Å². The Morgan fingerprint density at radius 1 is 0.960 bits per heavy atom. The van der Waals surface area contributed by atoms with Gasteiger partial charge in [0.15, 0.2) is 5.11 Å². The number of hydrogen-bond acceptors (Lipinski definition) is 3. The first-order chi connectivity index (χ1) is 12.3. The normalized spacial score (nSPS) is 11.7. The molecule has 0 amide bonds. The molecule has 0 bridgehead atoms. The fourth-order valence-corrected chi connectivity index (χ4v) is 4.26. The number of thiocarbonyl (C=S) groups is 1. The SMILES string of the molecule is S=C(NCCSc1ccccc1)N[C@H](c1ccccc1)c1cccs1. The van der Waals surface area contributed by atoms with Gasteiger partial charge in [0, 0.05) is 22.1 Å². The average Bonchev–Trinajstić information content (AvgIpc) is 3.19. The summed E-state index contributed by atoms with van der Waals surface area (Å²) in [6.07, 6.45) is 0. The van der Waals surface area contributed by atoms with Crippen molar-refractivity contribution in [2.24, 2.45) is 0 Å². The van der Waals surface area contributed by atoms with Crippen LogP contribution in [0.3, 0.4) is 0 Å². The molecule has 0 saturated heterocycles. The molecule has 0 aliphatic rings. The van der Waals surface area contributed by atoms with Crippen LogP contribution in [0.4, 0.5) is 0 Å². The highest BCUT2D eigenvalue weighted by molar-refractivity contribution is 7.99. The van der Waals surface area contributed by atoms with Crippen LogP contribution < -0.4 is 10.6 Å². The maximum Gasteiger partial charge on any atom is 0.167 e. The number of rotatable bonds is 7. The monoisotopic (exact) mass is 384 g/mol. The van der Waals surface area contributed by atoms with E-state index < -0.39 is 0 Å². The van der Waals surface area contributed by atoms with Crippen molar-refractivity contribution >= 4 is 40.4 Å². The van der Waals surface area contributed by atoms with Crippen LogP contribution in [0.5, 0.6) is 0 Å². The van der Waals surface area contributed by atoms with Crippen molar-refractivity contribution in [3.05, 3.63) is 88.6 Å². The van der Waals surface area contributed by atoms with E-state index in [1.165, 1.54) is 15.3 Å². The first kappa shape index (κ1) is 18.0. The number of benzene rings is 2. The first-order valence-electron chi connectivity index (χ1n) is 8.13. The van der Waals surface area contributed by atoms with Crippen molar-refractivity contribution in [2.45, 2.75) is 10.9 Å². The van der Waals surface area contributed by atoms with Gasteiger partial charge in [-0.2, -0.15) is 0 Å². The molecule has 1 aromatic heterocycles. The lowest BCUT2D eigenvalue weighted by molar-refractivity contribution is 0.756. The average molecular weight is 385 g/mol. The summed E-state index contributed by atoms with van der Waals surface area (Å²) in [5.74, 6) is 0.973. The summed E-state index contributed by atoms with van der Waals surface area (Å²) in [4.78, 5) is 2.54. The third-order valence-electron chi connectivity index (χ3n) is 3.64. The van der Waals surface area contributed by atoms with E-state index in [-0.39, 0.29) is 6.04 Å². The summed E-state index contributed by atoms with van der Waals surface area (Å²) in [6, 6.07) is 25.1. The third kappa shape index (κ3) is 5.59. The lowest BCUT2D eigenvalue weighted by Crippen LogP contribution is -2.38. The van der Waals surface area contributed by atoms with Crippen LogP contribution in [0.1, 0.15) is 16.5 Å². The fourth-order valence-electron chi connectivity index (χ4n) is 2.45. The van der Waals surface area contributed by atoms with E-state index in [2.05, 4.69) is 76.7 Å². The lowest BCUT2D eigenvalue weighted by atomic mass is 10.1. The van der Waals surface area contributed by atoms with Gasteiger partial charge in [-0.3, -0.25) is 0 Å². The van der Waals surface area contributed by atoms with Gasteiger partial charge >= 0.3 is 0 Å². The third-order valence-corrected chi connectivity index (χ3v) is 5.85. The minimum atomic E-state index is 0.0861. The number of nitrogens with one attached hydrogen (secondary N) is 2. The van der Waals surface area contributed by atoms with Gasteiger partial charge in [-0.05, 0) is 41.4 Å². The Bertz CT molecular complexity index is 758. The van der Waals surface area contributed by atoms with Gasteiger partial charge < -0.3 is 10.6 Å². The molecular formula is C20H20N2S3. The molecule has 3 aromatic rings. The molecule has 0 fully saturated rings. The summed E-state index contributed by atoms with van der Waals surface area (Å²) in [5, 5.41) is 9.56. The van der Waals surface area contributed by atoms with Gasteiger partial charge in [-0.15, -0.1) is 23.1 Å². The molecule has 128 valence electrons. The Balaban J connectivity index is 1.52. The van der Waals surface area contributed by atoms with Gasteiger partial charge in [0.2, 0.25) is 0 Å². The number of hydrogen-bond donors (Lipinski definition) is 2. The summed E-state index contributed by atoms with van der Waals surface area (Å²) >= 11 is 9.07. The molecule has 2 N–H and O–H groups in total. The first-order valence-corrected chi connectivity index (χ1v) is 10.4. The Morgan fingerprint density at radius 3 is 2.36 bits per heavy atom. The Labute approximate surface area is 162 Å². The van der Waals surface area contributed by atoms with Gasteiger partial charge in [-0.25, -0.2) is 0 Å². The van der Waals surface area contributed by atoms with Crippen LogP contribution in [0, 0.1) is 0 Å². The van der Waals surface area contributed by atoms with Crippen molar-refractivity contribution < 1.29 is 0 Å². The highest BCUT2D eigenvalue weighted by Gasteiger charge is 2.15. The highest BCUT2D eigenvalue weighted by atomic mass is 32.2. The zero-order valence-corrected chi connectivity index (χ0v) is 16.2. The molecule has 2 aromatic carbocycles. The van der Waals surface area contributed by atoms with E-state index in [1.807, 2.05) is 23.9 Å². The van der Waals surface area contributed by atoms with Crippen molar-refractivity contribution in [3.63, 3.8) is 0 Å². The molecule has 1 atom stereocenters. The molecule has 0 aliphatic heterocycles. The standard InChI is InChI=1S/C20H20N2S3/c23-20(21-13-15-24-17-10-5-2-6-11-17)22-19(18-12-7-14-25-18)16-8-3-1-4-9-16/h1-12,14,19H,13,15H2,(H2,21,22,23)/t19-/m1/s1. The lowest BCUT2D eigenvalue weighted by Gasteiger charge is -2.20. The maximum atomic E-state index is 5.51. The van der Waals surface area contributed by atoms with Crippen molar-refractivity contribution in [3.8, 4) is 0 Å². The van der Waals surface area contributed by atoms with Gasteiger partial charge in [-0.1, -0.05) is 54.6 Å². The van der Waals surface area contributed by atoms with Crippen LogP contribution in [-0.2, 0) is 0 Å². The van der Waals surface area contributed by atoms with Crippen LogP contribution in [0.25, 0.3) is 0 Å². The molecule has 0 unspecified atom stereocenters. The Hall–Kier alpha value is -1.82. The minimum Gasteiger partial charge on any atom is -0.362 e. The van der Waals surface area contributed by atoms with Crippen LogP contribution >= 0.6 is 35.3 Å². The Kier molecular flexibility index (Phi) is 6.91. The second kappa shape index (κ2) is 9.61. The topological polar surface area (TPSA) is 24.1 Å². The van der Waals surface area contributed by atoms with E-state index >= 15 is 0 Å². The Morgan fingerprint density at radius 2 is 1.68 bits per heavy atom. The maximum absolute atomic E-state index is 5.51. The zero-order chi connectivity index (χ0) is 17.3. The molecule has 1 heterocycles. The molecule has 5 heteroatoms. The largest absolute Gasteiger partial charge is 0.362 e. The van der Waals surface area contributed by atoms with Crippen LogP contribution in [-0.4, -0.2) is 17.4 Å². The van der Waals surface area contributed by atoms with Crippen molar-refractivity contribution in [1.29, 1.82) is 0 Å². The second-order valence-electron chi connectivity index (χ2n) is 5.42. The fraction of sp³-hybridized carbons (Fsp3) is 0.150. The van der Waals surface area contributed by atoms with E-state index in [0.29, 0.717) is 5.11 Å². The molecule has 25 heavy (non-hydrogen) atoms. The number of thiophene rings is 1. The van der Waals surface area contributed by atoms with Crippen molar-refractivity contribution in [2.75, 3.05) is 12.3 Å². The van der Waals surface area contributed by atoms with Gasteiger partial charge in [0.25, 0.3) is 0 Å². The predicted molar refractivity (Wildman–Crippen MR) is 114 cm³/mol. The molecule has 0 saturated carbocycles. The smallest absolute Gasteiger partial charge is 0.167 e. The predicted octanol–water partition coefficient (Wildman–Crippen LogP) is 5.09. The second-order valence-corrected chi connectivity index (χ2v) is 7.98. The summed E-state index contributed by atoms with van der Waals surface area (Å²) < 4.78 is 0. The van der Waals surface area contributed by atoms with Gasteiger partial charge in [0.05, 0.1) is 6.04 Å². The van der Waals surface area contributed by atoms with E-state index in [9.17, 15) is 0 Å². The summed E-state index contributed by atoms with van der Waals surface area (Å²) in [6.45, 7) is 0.831. The van der Waals surface area contributed by atoms with Crippen LogP contribution in [0.15, 0.2) is 83.1 Å². The zero-order valence-electron chi connectivity index (χ0n) is 13.7. The molecular weight excluding hydrogens is 364 g/mol. The molecule has 2 nitrogen and oxygen atoms in total. The van der Waals surface area contributed by atoms with E-state index in [1.54, 1.807) is 11.3 Å². The molecule has 0 radical (unpaired) electrons. The van der Waals surface area contributed by atoms with Gasteiger partial charge in [0.1, 0.15) is 0 Å². The van der Waals surface area contributed by atoms with Crippen LogP contribution in [0.2, 0.25) is 0 Å². The quantitative estimate of drug-likeness (QED) is 0.336. The molecule has 3 rings (SSSR count). The summed E-state index contributed by atoms with van der Waals surface area (Å²) in [5.41, 5.74) is 1.22. The minimum absolute atomic E-state index is 0.0861. The molecule has 0 aliphatic carbocycles. The highest BCUT2D eigenvalue weighted by Crippen LogP contribution is 2.25. The van der Waals surface area contributed by atoms with Crippen molar-refractivity contribution in [1.82, 2.24) is 10.6 Å². The van der Waals surface area contributed by atoms with E-state index in [4.69, 9.17) is 12.2 Å². The summed E-state index contributed by atoms with van der Waals surface area (Å²) in [7, 11) is 0.